The summed E-state index contributed by atoms with van der Waals surface area (Å²) in [5.41, 5.74) is 8.10. The van der Waals surface area contributed by atoms with Gasteiger partial charge in [-0.05, 0) is 31.8 Å². The van der Waals surface area contributed by atoms with Gasteiger partial charge in [-0.25, -0.2) is 14.3 Å². The molecule has 0 saturated carbocycles. The van der Waals surface area contributed by atoms with Gasteiger partial charge in [-0.15, -0.1) is 4.68 Å². The predicted octanol–water partition coefficient (Wildman–Crippen LogP) is 2.72. The second kappa shape index (κ2) is 7.60. The molecule has 1 amide bonds. The number of amides is 1. The Labute approximate surface area is 176 Å². The minimum absolute atomic E-state index is 0.0967. The number of benzene rings is 1. The van der Waals surface area contributed by atoms with Crippen LogP contribution < -0.4 is 20.5 Å². The molecule has 1 aliphatic rings. The number of ether oxygens (including phenoxy) is 2. The smallest absolute Gasteiger partial charge is 0.407 e. The van der Waals surface area contributed by atoms with Gasteiger partial charge >= 0.3 is 11.7 Å². The topological polar surface area (TPSA) is 119 Å². The van der Waals surface area contributed by atoms with Crippen molar-refractivity contribution in [2.24, 2.45) is 0 Å². The summed E-state index contributed by atoms with van der Waals surface area (Å²) >= 11 is 6.23. The van der Waals surface area contributed by atoms with Crippen LogP contribution in [0.1, 0.15) is 42.8 Å². The number of nitrogens with two attached hydrogens (primary N) is 1. The first-order chi connectivity index (χ1) is 14.3. The number of nitrogen functional groups attached to an aromatic ring is 1. The predicted molar refractivity (Wildman–Crippen MR) is 107 cm³/mol. The standard InChI is InChI=1S/C19H20ClFN6O3/c1-4-29-16-10(5-11(20)15(21)14(16)12-6-23-19(28)30-12)9(3)27-18-13(8(2)26-27)17(22)24-7-25-18/h5,7,9,12H,4,6H2,1-3H3,(H3,22,23,24,25,26,28)/p+1. The number of H-pyrrole nitrogens is 1. The largest absolute Gasteiger partial charge is 0.493 e. The molecule has 0 radical (unpaired) electrons. The molecular formula is C19H21ClFN6O3+. The average molecular weight is 436 g/mol. The highest BCUT2D eigenvalue weighted by Crippen LogP contribution is 2.41. The second-order valence-electron chi connectivity index (χ2n) is 6.95. The van der Waals surface area contributed by atoms with Gasteiger partial charge in [0.05, 0.1) is 29.4 Å². The molecule has 2 unspecified atom stereocenters. The Morgan fingerprint density at radius 2 is 2.27 bits per heavy atom. The lowest BCUT2D eigenvalue weighted by Gasteiger charge is -2.21. The van der Waals surface area contributed by atoms with Crippen molar-refractivity contribution < 1.29 is 23.3 Å². The van der Waals surface area contributed by atoms with Crippen molar-refractivity contribution in [1.29, 1.82) is 0 Å². The summed E-state index contributed by atoms with van der Waals surface area (Å²) in [4.78, 5) is 19.9. The van der Waals surface area contributed by atoms with Crippen LogP contribution >= 0.6 is 11.6 Å². The molecule has 3 heterocycles. The van der Waals surface area contributed by atoms with Crippen molar-refractivity contribution in [3.8, 4) is 5.75 Å². The average Bonchev–Trinajstić information content (AvgIpc) is 3.28. The molecule has 1 aromatic carbocycles. The van der Waals surface area contributed by atoms with Crippen LogP contribution in [0.2, 0.25) is 5.02 Å². The van der Waals surface area contributed by atoms with Gasteiger partial charge in [-0.3, -0.25) is 0 Å². The first kappa shape index (κ1) is 20.1. The van der Waals surface area contributed by atoms with Crippen LogP contribution in [0, 0.1) is 12.7 Å². The van der Waals surface area contributed by atoms with Crippen LogP contribution in [0.15, 0.2) is 12.4 Å². The Morgan fingerprint density at radius 3 is 2.93 bits per heavy atom. The molecule has 1 fully saturated rings. The first-order valence-electron chi connectivity index (χ1n) is 9.42. The summed E-state index contributed by atoms with van der Waals surface area (Å²) < 4.78 is 27.9. The van der Waals surface area contributed by atoms with E-state index < -0.39 is 18.0 Å². The molecule has 1 aliphatic heterocycles. The monoisotopic (exact) mass is 435 g/mol. The van der Waals surface area contributed by atoms with Crippen LogP contribution in [-0.4, -0.2) is 34.3 Å². The zero-order valence-corrected chi connectivity index (χ0v) is 17.4. The summed E-state index contributed by atoms with van der Waals surface area (Å²) in [6, 6.07) is 1.12. The molecule has 9 nitrogen and oxygen atoms in total. The SMILES string of the molecule is CCOc1c(C(C)[n+]2[nH]c(C)c3c(N)ncnc32)cc(Cl)c(F)c1C1CNC(=O)O1. The van der Waals surface area contributed by atoms with E-state index in [2.05, 4.69) is 20.4 Å². The molecule has 2 aromatic heterocycles. The summed E-state index contributed by atoms with van der Waals surface area (Å²) in [5.74, 6) is -0.0449. The van der Waals surface area contributed by atoms with E-state index in [1.54, 1.807) is 11.6 Å². The van der Waals surface area contributed by atoms with Crippen LogP contribution in [-0.2, 0) is 4.74 Å². The Balaban J connectivity index is 1.91. The number of cyclic esters (lactones) is 1. The Bertz CT molecular complexity index is 1150. The van der Waals surface area contributed by atoms with Crippen molar-refractivity contribution >= 4 is 34.5 Å². The van der Waals surface area contributed by atoms with Gasteiger partial charge in [0.2, 0.25) is 6.33 Å². The number of hydrogen-bond donors (Lipinski definition) is 3. The molecular weight excluding hydrogens is 415 g/mol. The minimum atomic E-state index is -0.853. The van der Waals surface area contributed by atoms with Gasteiger partial charge in [0.25, 0.3) is 0 Å². The molecule has 3 aromatic rings. The third-order valence-corrected chi connectivity index (χ3v) is 5.39. The number of halogens is 2. The third kappa shape index (κ3) is 3.17. The summed E-state index contributed by atoms with van der Waals surface area (Å²) in [7, 11) is 0. The quantitative estimate of drug-likeness (QED) is 0.530. The van der Waals surface area contributed by atoms with Gasteiger partial charge in [0, 0.05) is 5.56 Å². The molecule has 0 aliphatic carbocycles. The number of aryl methyl sites for hydroxylation is 1. The van der Waals surface area contributed by atoms with E-state index in [9.17, 15) is 4.79 Å². The highest BCUT2D eigenvalue weighted by Gasteiger charge is 2.35. The highest BCUT2D eigenvalue weighted by atomic mass is 35.5. The summed E-state index contributed by atoms with van der Waals surface area (Å²) in [6.45, 7) is 5.94. The number of anilines is 1. The number of aromatic amines is 1. The van der Waals surface area contributed by atoms with Crippen LogP contribution in [0.4, 0.5) is 15.0 Å². The number of alkyl carbamates (subject to hydrolysis) is 1. The molecule has 30 heavy (non-hydrogen) atoms. The number of rotatable bonds is 5. The fourth-order valence-corrected chi connectivity index (χ4v) is 3.96. The number of fused-ring (bicyclic) bond motifs is 1. The van der Waals surface area contributed by atoms with Crippen molar-refractivity contribution in [1.82, 2.24) is 20.4 Å². The van der Waals surface area contributed by atoms with E-state index in [4.69, 9.17) is 26.8 Å². The molecule has 0 bridgehead atoms. The highest BCUT2D eigenvalue weighted by molar-refractivity contribution is 6.31. The number of carbonyl (C=O) groups is 1. The summed E-state index contributed by atoms with van der Waals surface area (Å²) in [5, 5.41) is 6.37. The zero-order chi connectivity index (χ0) is 21.6. The fourth-order valence-electron chi connectivity index (χ4n) is 3.74. The van der Waals surface area contributed by atoms with Crippen molar-refractivity contribution in [2.45, 2.75) is 32.9 Å². The van der Waals surface area contributed by atoms with Gasteiger partial charge in [-0.1, -0.05) is 11.6 Å². The number of nitrogens with one attached hydrogen (secondary N) is 2. The molecule has 11 heteroatoms. The van der Waals surface area contributed by atoms with E-state index in [0.29, 0.717) is 22.4 Å². The lowest BCUT2D eigenvalue weighted by molar-refractivity contribution is -0.741. The minimum Gasteiger partial charge on any atom is -0.493 e. The number of hydrogen-bond acceptors (Lipinski definition) is 6. The molecule has 158 valence electrons. The Hall–Kier alpha value is -3.14. The van der Waals surface area contributed by atoms with Crippen molar-refractivity contribution in [2.75, 3.05) is 18.9 Å². The van der Waals surface area contributed by atoms with Crippen molar-refractivity contribution in [3.63, 3.8) is 0 Å². The van der Waals surface area contributed by atoms with Crippen LogP contribution in [0.25, 0.3) is 11.0 Å². The molecule has 0 spiro atoms. The summed E-state index contributed by atoms with van der Waals surface area (Å²) in [6.07, 6.45) is -0.0950. The maximum absolute atomic E-state index is 15.0. The zero-order valence-electron chi connectivity index (χ0n) is 16.6. The fraction of sp³-hybridized carbons (Fsp3) is 0.368. The number of aromatic nitrogens is 4. The molecule has 2 atom stereocenters. The van der Waals surface area contributed by atoms with Gasteiger partial charge in [-0.2, -0.15) is 4.98 Å². The van der Waals surface area contributed by atoms with Crippen molar-refractivity contribution in [3.05, 3.63) is 40.1 Å². The lowest BCUT2D eigenvalue weighted by atomic mass is 9.99. The van der Waals surface area contributed by atoms with E-state index in [0.717, 1.165) is 5.69 Å². The molecule has 4 N–H and O–H groups in total. The number of nitrogens with zero attached hydrogens (tertiary/aromatic N) is 3. The maximum Gasteiger partial charge on any atom is 0.407 e. The maximum atomic E-state index is 15.0. The molecule has 4 rings (SSSR count). The van der Waals surface area contributed by atoms with Crippen LogP contribution in [0.5, 0.6) is 5.75 Å². The Morgan fingerprint density at radius 1 is 1.50 bits per heavy atom. The Kier molecular flexibility index (Phi) is 5.10. The van der Waals surface area contributed by atoms with E-state index in [-0.39, 0.29) is 35.5 Å². The lowest BCUT2D eigenvalue weighted by Crippen LogP contribution is -2.41. The third-order valence-electron chi connectivity index (χ3n) is 5.11. The van der Waals surface area contributed by atoms with E-state index in [1.807, 2.05) is 13.8 Å². The molecule has 1 saturated heterocycles. The number of carbonyl (C=O) groups excluding carboxylic acids is 1. The van der Waals surface area contributed by atoms with Crippen LogP contribution in [0.3, 0.4) is 0 Å². The van der Waals surface area contributed by atoms with Gasteiger partial charge < -0.3 is 20.5 Å². The van der Waals surface area contributed by atoms with E-state index >= 15 is 4.39 Å². The van der Waals surface area contributed by atoms with Gasteiger partial charge in [0.1, 0.15) is 23.0 Å². The first-order valence-corrected chi connectivity index (χ1v) is 9.80. The normalized spacial score (nSPS) is 17.1. The van der Waals surface area contributed by atoms with E-state index in [1.165, 1.54) is 12.4 Å². The second-order valence-corrected chi connectivity index (χ2v) is 7.36. The van der Waals surface area contributed by atoms with Gasteiger partial charge in [0.15, 0.2) is 11.9 Å².